The van der Waals surface area contributed by atoms with Crippen molar-refractivity contribution in [1.29, 1.82) is 0 Å². The Kier molecular flexibility index (Phi) is 13.9. The first kappa shape index (κ1) is 38.1. The third-order valence-corrected chi connectivity index (χ3v) is 8.80. The van der Waals surface area contributed by atoms with Crippen molar-refractivity contribution in [3.8, 4) is 17.4 Å². The van der Waals surface area contributed by atoms with Gasteiger partial charge >= 0.3 is 0 Å². The van der Waals surface area contributed by atoms with Gasteiger partial charge in [-0.1, -0.05) is 36.4 Å². The molecule has 1 fully saturated rings. The number of aromatic nitrogens is 2. The van der Waals surface area contributed by atoms with E-state index in [0.717, 1.165) is 59.6 Å². The highest BCUT2D eigenvalue weighted by molar-refractivity contribution is 5.92. The number of piperazine rings is 1. The van der Waals surface area contributed by atoms with Gasteiger partial charge in [0.25, 0.3) is 0 Å². The molecule has 0 aliphatic carbocycles. The summed E-state index contributed by atoms with van der Waals surface area (Å²) in [5, 5.41) is 0. The number of aryl methyl sites for hydroxylation is 2. The molecule has 6 rings (SSSR count). The van der Waals surface area contributed by atoms with Gasteiger partial charge in [0.1, 0.15) is 23.9 Å². The second-order valence-electron chi connectivity index (χ2n) is 12.7. The molecule has 0 radical (unpaired) electrons. The molecule has 1 aliphatic rings. The fourth-order valence-electron chi connectivity index (χ4n) is 5.93. The van der Waals surface area contributed by atoms with E-state index in [1.165, 1.54) is 23.3 Å². The van der Waals surface area contributed by atoms with E-state index < -0.39 is 0 Å². The van der Waals surface area contributed by atoms with Crippen LogP contribution in [0.2, 0.25) is 0 Å². The van der Waals surface area contributed by atoms with Crippen LogP contribution in [0.15, 0.2) is 110 Å². The summed E-state index contributed by atoms with van der Waals surface area (Å²) in [6.45, 7) is 9.41. The van der Waals surface area contributed by atoms with Crippen molar-refractivity contribution in [2.75, 3.05) is 32.8 Å². The smallest absolute Gasteiger partial charge is 0.246 e. The zero-order valence-corrected chi connectivity index (χ0v) is 30.4. The SMILES string of the molecule is Cc1cc(C=CC(=O)N2CCN(Cc3ccc(CCOCc4ccc(F)cc4)cc3)CC2)cc(C)c1Oc1ccc(OCc2ccncc2)cn1.Cl. The van der Waals surface area contributed by atoms with Crippen LogP contribution < -0.4 is 9.47 Å². The summed E-state index contributed by atoms with van der Waals surface area (Å²) in [6, 6.07) is 26.5. The van der Waals surface area contributed by atoms with Crippen LogP contribution >= 0.6 is 12.4 Å². The van der Waals surface area contributed by atoms with Gasteiger partial charge in [-0.3, -0.25) is 14.7 Å². The van der Waals surface area contributed by atoms with Gasteiger partial charge in [-0.05, 0) is 108 Å². The third-order valence-electron chi connectivity index (χ3n) is 8.80. The number of benzene rings is 3. The van der Waals surface area contributed by atoms with Crippen LogP contribution in [0.4, 0.5) is 4.39 Å². The summed E-state index contributed by atoms with van der Waals surface area (Å²) in [7, 11) is 0. The van der Waals surface area contributed by atoms with Gasteiger partial charge in [0.05, 0.1) is 19.4 Å². The van der Waals surface area contributed by atoms with Gasteiger partial charge < -0.3 is 19.1 Å². The monoisotopic (exact) mass is 722 g/mol. The molecule has 3 aromatic carbocycles. The van der Waals surface area contributed by atoms with Crippen molar-refractivity contribution in [1.82, 2.24) is 19.8 Å². The number of hydrogen-bond donors (Lipinski definition) is 0. The summed E-state index contributed by atoms with van der Waals surface area (Å²) in [4.78, 5) is 25.8. The van der Waals surface area contributed by atoms with E-state index in [1.807, 2.05) is 55.2 Å². The molecule has 1 amide bonds. The molecule has 1 saturated heterocycles. The number of halogens is 2. The molecule has 0 spiro atoms. The van der Waals surface area contributed by atoms with E-state index in [1.54, 1.807) is 42.9 Å². The first-order valence-corrected chi connectivity index (χ1v) is 17.2. The van der Waals surface area contributed by atoms with Gasteiger partial charge in [0.2, 0.25) is 11.8 Å². The van der Waals surface area contributed by atoms with Crippen LogP contribution in [0.1, 0.15) is 38.9 Å². The lowest BCUT2D eigenvalue weighted by molar-refractivity contribution is -0.127. The Balaban J connectivity index is 0.00000523. The number of amides is 1. The first-order valence-electron chi connectivity index (χ1n) is 17.2. The number of carbonyl (C=O) groups excluding carboxylic acids is 1. The highest BCUT2D eigenvalue weighted by Crippen LogP contribution is 2.30. The maximum Gasteiger partial charge on any atom is 0.246 e. The standard InChI is InChI=1S/C42H43FN4O4.ClH/c1-31-25-37(26-32(2)42(31)51-40-13-12-39(27-45-40)50-30-36-15-18-44-19-16-36)9-14-41(48)47-22-20-46(21-23-47)28-34-5-3-33(4-6-34)17-24-49-29-35-7-10-38(43)11-8-35;/h3-16,18-19,25-27H,17,20-24,28-30H2,1-2H3;1H. The number of rotatable bonds is 14. The molecule has 0 bridgehead atoms. The Hall–Kier alpha value is -5.09. The summed E-state index contributed by atoms with van der Waals surface area (Å²) >= 11 is 0. The number of carbonyl (C=O) groups is 1. The summed E-state index contributed by atoms with van der Waals surface area (Å²) in [5.74, 6) is 1.67. The molecule has 5 aromatic rings. The van der Waals surface area contributed by atoms with Gasteiger partial charge in [-0.25, -0.2) is 9.37 Å². The maximum atomic E-state index is 13.1. The summed E-state index contributed by atoms with van der Waals surface area (Å²) in [5.41, 5.74) is 7.33. The lowest BCUT2D eigenvalue weighted by atomic mass is 10.1. The second-order valence-corrected chi connectivity index (χ2v) is 12.7. The Morgan fingerprint density at radius 1 is 0.808 bits per heavy atom. The Morgan fingerprint density at radius 2 is 1.46 bits per heavy atom. The second kappa shape index (κ2) is 18.9. The molecule has 1 aliphatic heterocycles. The van der Waals surface area contributed by atoms with Crippen molar-refractivity contribution in [3.05, 3.63) is 154 Å². The van der Waals surface area contributed by atoms with Gasteiger partial charge in [0, 0.05) is 57.3 Å². The van der Waals surface area contributed by atoms with Gasteiger partial charge in [0.15, 0.2) is 0 Å². The maximum absolute atomic E-state index is 13.1. The Bertz CT molecular complexity index is 1880. The highest BCUT2D eigenvalue weighted by Gasteiger charge is 2.20. The molecule has 8 nitrogen and oxygen atoms in total. The fourth-order valence-corrected chi connectivity index (χ4v) is 5.93. The fraction of sp³-hybridized carbons (Fsp3) is 0.262. The minimum Gasteiger partial charge on any atom is -0.487 e. The van der Waals surface area contributed by atoms with Crippen molar-refractivity contribution in [3.63, 3.8) is 0 Å². The third kappa shape index (κ3) is 11.2. The topological polar surface area (TPSA) is 77.0 Å². The molecule has 3 heterocycles. The Morgan fingerprint density at radius 3 is 2.13 bits per heavy atom. The van der Waals surface area contributed by atoms with E-state index >= 15 is 0 Å². The zero-order chi connectivity index (χ0) is 35.4. The molecular weight excluding hydrogens is 679 g/mol. The molecule has 0 unspecified atom stereocenters. The molecule has 0 atom stereocenters. The van der Waals surface area contributed by atoms with Crippen LogP contribution in [0, 0.1) is 19.7 Å². The zero-order valence-electron chi connectivity index (χ0n) is 29.5. The quantitative estimate of drug-likeness (QED) is 0.0846. The van der Waals surface area contributed by atoms with E-state index in [2.05, 4.69) is 39.1 Å². The minimum atomic E-state index is -0.236. The van der Waals surface area contributed by atoms with E-state index in [4.69, 9.17) is 14.2 Å². The molecule has 0 saturated carbocycles. The number of hydrogen-bond acceptors (Lipinski definition) is 7. The van der Waals surface area contributed by atoms with Gasteiger partial charge in [-0.2, -0.15) is 0 Å². The van der Waals surface area contributed by atoms with Crippen molar-refractivity contribution in [2.24, 2.45) is 0 Å². The van der Waals surface area contributed by atoms with Crippen molar-refractivity contribution < 1.29 is 23.4 Å². The number of pyridine rings is 2. The van der Waals surface area contributed by atoms with E-state index in [-0.39, 0.29) is 24.1 Å². The summed E-state index contributed by atoms with van der Waals surface area (Å²) < 4.78 is 30.8. The molecular formula is C42H44ClFN4O4. The lowest BCUT2D eigenvalue weighted by Gasteiger charge is -2.34. The Labute approximate surface area is 311 Å². The van der Waals surface area contributed by atoms with Crippen molar-refractivity contribution >= 4 is 24.4 Å². The average molecular weight is 723 g/mol. The summed E-state index contributed by atoms with van der Waals surface area (Å²) in [6.07, 6.45) is 9.50. The van der Waals surface area contributed by atoms with Crippen molar-refractivity contribution in [2.45, 2.75) is 40.0 Å². The minimum absolute atomic E-state index is 0. The molecule has 10 heteroatoms. The molecule has 52 heavy (non-hydrogen) atoms. The predicted octanol–water partition coefficient (Wildman–Crippen LogP) is 8.14. The van der Waals surface area contributed by atoms with E-state index in [0.29, 0.717) is 44.5 Å². The van der Waals surface area contributed by atoms with Crippen LogP contribution in [0.3, 0.4) is 0 Å². The van der Waals surface area contributed by atoms with Crippen LogP contribution in [0.5, 0.6) is 17.4 Å². The normalized spacial score (nSPS) is 13.2. The molecule has 0 N–H and O–H groups in total. The van der Waals surface area contributed by atoms with Crippen LogP contribution in [0.25, 0.3) is 6.08 Å². The van der Waals surface area contributed by atoms with E-state index in [9.17, 15) is 9.18 Å². The largest absolute Gasteiger partial charge is 0.487 e. The average Bonchev–Trinajstić information content (AvgIpc) is 3.15. The first-order chi connectivity index (χ1) is 24.9. The highest BCUT2D eigenvalue weighted by atomic mass is 35.5. The molecule has 270 valence electrons. The lowest BCUT2D eigenvalue weighted by Crippen LogP contribution is -2.47. The van der Waals surface area contributed by atoms with Crippen LogP contribution in [-0.4, -0.2) is 58.5 Å². The van der Waals surface area contributed by atoms with Crippen LogP contribution in [-0.2, 0) is 35.7 Å². The number of nitrogens with zero attached hydrogens (tertiary/aromatic N) is 4. The predicted molar refractivity (Wildman–Crippen MR) is 203 cm³/mol. The number of ether oxygens (including phenoxy) is 3. The molecule has 2 aromatic heterocycles. The van der Waals surface area contributed by atoms with Gasteiger partial charge in [-0.15, -0.1) is 12.4 Å².